The minimum Gasteiger partial charge on any atom is -0.456 e. The van der Waals surface area contributed by atoms with Crippen LogP contribution in [0, 0.1) is 6.92 Å². The van der Waals surface area contributed by atoms with Crippen LogP contribution in [0.1, 0.15) is 84.6 Å². The molecular weight excluding hydrogens is 787 g/mol. The van der Waals surface area contributed by atoms with Gasteiger partial charge in [-0.2, -0.15) is 0 Å². The molecule has 8 aromatic carbocycles. The van der Waals surface area contributed by atoms with Crippen molar-refractivity contribution >= 4 is 79.2 Å². The topological polar surface area (TPSA) is 19.6 Å². The highest BCUT2D eigenvalue weighted by atomic mass is 16.3. The van der Waals surface area contributed by atoms with Gasteiger partial charge in [-0.25, -0.2) is 0 Å². The Morgan fingerprint density at radius 2 is 0.815 bits per heavy atom. The minimum absolute atomic E-state index is 0.0199. The Labute approximate surface area is 385 Å². The summed E-state index contributed by atoms with van der Waals surface area (Å²) in [6.07, 6.45) is 0. The van der Waals surface area contributed by atoms with Crippen molar-refractivity contribution in [1.29, 1.82) is 0 Å². The van der Waals surface area contributed by atoms with Crippen molar-refractivity contribution in [3.05, 3.63) is 186 Å². The van der Waals surface area contributed by atoms with E-state index in [1.165, 1.54) is 72.5 Å². The van der Waals surface area contributed by atoms with Crippen molar-refractivity contribution in [3.8, 4) is 22.3 Å². The molecule has 0 N–H and O–H groups in total. The van der Waals surface area contributed by atoms with Crippen LogP contribution in [-0.2, 0) is 16.2 Å². The minimum atomic E-state index is -0.0234. The molecule has 2 aliphatic rings. The Balaban J connectivity index is 1.09. The normalized spacial score (nSPS) is 13.6. The summed E-state index contributed by atoms with van der Waals surface area (Å²) in [7, 11) is 0. The Morgan fingerprint density at radius 1 is 0.385 bits per heavy atom. The summed E-state index contributed by atoms with van der Waals surface area (Å²) in [5.41, 5.74) is 23.1. The van der Waals surface area contributed by atoms with E-state index < -0.39 is 0 Å². The number of fused-ring (bicyclic) bond motifs is 7. The molecule has 0 saturated carbocycles. The van der Waals surface area contributed by atoms with Gasteiger partial charge in [-0.15, -0.1) is 0 Å². The number of hydrogen-bond donors (Lipinski definition) is 0. The molecule has 0 aliphatic carbocycles. The Morgan fingerprint density at radius 3 is 1.32 bits per heavy atom. The van der Waals surface area contributed by atoms with Crippen LogP contribution in [0.4, 0.5) is 34.1 Å². The molecular formula is C61H57BN2O. The maximum atomic E-state index is 6.31. The summed E-state index contributed by atoms with van der Waals surface area (Å²) in [6.45, 7) is 23.1. The van der Waals surface area contributed by atoms with Gasteiger partial charge in [-0.1, -0.05) is 159 Å². The molecule has 1 aromatic heterocycles. The predicted molar refractivity (Wildman–Crippen MR) is 279 cm³/mol. The first-order chi connectivity index (χ1) is 31.0. The first-order valence-electron chi connectivity index (χ1n) is 23.3. The van der Waals surface area contributed by atoms with Gasteiger partial charge < -0.3 is 14.2 Å². The number of anilines is 6. The Bertz CT molecular complexity index is 3320. The lowest BCUT2D eigenvalue weighted by molar-refractivity contribution is 0.590. The number of para-hydroxylation sites is 1. The lowest BCUT2D eigenvalue weighted by Gasteiger charge is -2.45. The average Bonchev–Trinajstić information content (AvgIpc) is 3.66. The third-order valence-corrected chi connectivity index (χ3v) is 14.0. The lowest BCUT2D eigenvalue weighted by atomic mass is 9.33. The summed E-state index contributed by atoms with van der Waals surface area (Å²) in [5, 5.41) is 2.30. The zero-order chi connectivity index (χ0) is 45.2. The highest BCUT2D eigenvalue weighted by molar-refractivity contribution is 7.00. The van der Waals surface area contributed by atoms with Crippen LogP contribution in [0.15, 0.2) is 168 Å². The van der Waals surface area contributed by atoms with Gasteiger partial charge in [0.15, 0.2) is 0 Å². The van der Waals surface area contributed by atoms with E-state index in [0.717, 1.165) is 44.4 Å². The van der Waals surface area contributed by atoms with Gasteiger partial charge in [0.2, 0.25) is 0 Å². The fourth-order valence-electron chi connectivity index (χ4n) is 10.3. The molecule has 0 bridgehead atoms. The van der Waals surface area contributed by atoms with Crippen LogP contribution in [0.25, 0.3) is 44.2 Å². The monoisotopic (exact) mass is 844 g/mol. The highest BCUT2D eigenvalue weighted by Crippen LogP contribution is 2.46. The van der Waals surface area contributed by atoms with Gasteiger partial charge in [-0.3, -0.25) is 0 Å². The Hall–Kier alpha value is -6.78. The molecule has 11 rings (SSSR count). The molecule has 3 nitrogen and oxygen atoms in total. The molecule has 0 unspecified atom stereocenters. The fourth-order valence-corrected chi connectivity index (χ4v) is 10.3. The maximum absolute atomic E-state index is 6.31. The number of nitrogens with zero attached hydrogens (tertiary/aromatic N) is 2. The van der Waals surface area contributed by atoms with Crippen molar-refractivity contribution in [2.24, 2.45) is 0 Å². The second-order valence-electron chi connectivity index (χ2n) is 21.6. The van der Waals surface area contributed by atoms with E-state index in [2.05, 4.69) is 231 Å². The van der Waals surface area contributed by atoms with E-state index >= 15 is 0 Å². The molecule has 65 heavy (non-hydrogen) atoms. The third-order valence-electron chi connectivity index (χ3n) is 14.0. The molecule has 0 amide bonds. The average molecular weight is 845 g/mol. The van der Waals surface area contributed by atoms with E-state index in [-0.39, 0.29) is 23.0 Å². The molecule has 0 spiro atoms. The molecule has 320 valence electrons. The van der Waals surface area contributed by atoms with Crippen molar-refractivity contribution in [1.82, 2.24) is 0 Å². The van der Waals surface area contributed by atoms with E-state index in [4.69, 9.17) is 4.42 Å². The van der Waals surface area contributed by atoms with Gasteiger partial charge in [0.25, 0.3) is 6.71 Å². The summed E-state index contributed by atoms with van der Waals surface area (Å²) in [6, 6.07) is 61.7. The second kappa shape index (κ2) is 14.6. The molecule has 0 saturated heterocycles. The molecule has 3 heterocycles. The molecule has 2 aliphatic heterocycles. The molecule has 0 fully saturated rings. The SMILES string of the molecule is Cc1cc2c3c(c1)N(c1ccc(-c4ccc5c(c4)oc4ccccc45)cc1)c1ccc(C(C)(C)C)cc1B3c1cc(C(C)(C)C)ccc1N2c1ccc(-c2ccc(C(C)(C)C)cc2)cc1. The van der Waals surface area contributed by atoms with Gasteiger partial charge in [0, 0.05) is 44.9 Å². The van der Waals surface area contributed by atoms with Gasteiger partial charge in [0.1, 0.15) is 11.2 Å². The van der Waals surface area contributed by atoms with Gasteiger partial charge >= 0.3 is 0 Å². The molecule has 4 heteroatoms. The van der Waals surface area contributed by atoms with Crippen molar-refractivity contribution in [2.45, 2.75) is 85.5 Å². The van der Waals surface area contributed by atoms with Crippen LogP contribution in [0.5, 0.6) is 0 Å². The van der Waals surface area contributed by atoms with Crippen LogP contribution in [0.2, 0.25) is 0 Å². The molecule has 0 atom stereocenters. The predicted octanol–water partition coefficient (Wildman–Crippen LogP) is 15.2. The lowest BCUT2D eigenvalue weighted by Crippen LogP contribution is -2.61. The largest absolute Gasteiger partial charge is 0.456 e. The number of rotatable bonds is 4. The summed E-state index contributed by atoms with van der Waals surface area (Å²) < 4.78 is 6.31. The van der Waals surface area contributed by atoms with Crippen molar-refractivity contribution < 1.29 is 4.42 Å². The summed E-state index contributed by atoms with van der Waals surface area (Å²) in [4.78, 5) is 5.06. The number of furan rings is 1. The number of hydrogen-bond acceptors (Lipinski definition) is 3. The van der Waals surface area contributed by atoms with E-state index in [1.807, 2.05) is 12.1 Å². The van der Waals surface area contributed by atoms with Crippen molar-refractivity contribution in [2.75, 3.05) is 9.80 Å². The summed E-state index contributed by atoms with van der Waals surface area (Å²) in [5.74, 6) is 0. The molecule has 0 radical (unpaired) electrons. The fraction of sp³-hybridized carbons (Fsp3) is 0.213. The summed E-state index contributed by atoms with van der Waals surface area (Å²) >= 11 is 0. The van der Waals surface area contributed by atoms with Gasteiger partial charge in [-0.05, 0) is 151 Å². The smallest absolute Gasteiger partial charge is 0.252 e. The van der Waals surface area contributed by atoms with E-state index in [9.17, 15) is 0 Å². The quantitative estimate of drug-likeness (QED) is 0.165. The van der Waals surface area contributed by atoms with Gasteiger partial charge in [0.05, 0.1) is 0 Å². The second-order valence-corrected chi connectivity index (χ2v) is 21.6. The maximum Gasteiger partial charge on any atom is 0.252 e. The van der Waals surface area contributed by atoms with Crippen LogP contribution in [0.3, 0.4) is 0 Å². The first-order valence-corrected chi connectivity index (χ1v) is 23.3. The number of aryl methyl sites for hydroxylation is 1. The highest BCUT2D eigenvalue weighted by Gasteiger charge is 2.44. The molecule has 9 aromatic rings. The van der Waals surface area contributed by atoms with E-state index in [1.54, 1.807) is 0 Å². The number of benzene rings is 8. The third kappa shape index (κ3) is 6.88. The standard InChI is InChI=1S/C61H57BN2O/c1-38-33-54-58-55(34-38)64(47-28-19-41(20-29-47)42-21-30-49-48-13-11-12-14-56(48)65-57(49)35-42)53-32-25-45(61(8,9)10)37-51(53)62(58)50-36-44(60(5,6)7)24-31-52(50)63(54)46-26-17-40(18-27-46)39-15-22-43(23-16-39)59(2,3)4/h11-37H,1-10H3. The van der Waals surface area contributed by atoms with E-state index in [0.29, 0.717) is 0 Å². The zero-order valence-corrected chi connectivity index (χ0v) is 39.5. The van der Waals surface area contributed by atoms with Crippen LogP contribution < -0.4 is 26.2 Å². The van der Waals surface area contributed by atoms with Crippen molar-refractivity contribution in [3.63, 3.8) is 0 Å². The van der Waals surface area contributed by atoms with Crippen LogP contribution in [-0.4, -0.2) is 6.71 Å². The first kappa shape index (κ1) is 41.0. The van der Waals surface area contributed by atoms with Crippen LogP contribution >= 0.6 is 0 Å². The zero-order valence-electron chi connectivity index (χ0n) is 39.5. The Kier molecular flexibility index (Phi) is 9.22.